The zero-order chi connectivity index (χ0) is 18.2. The Labute approximate surface area is 148 Å². The van der Waals surface area contributed by atoms with E-state index in [2.05, 4.69) is 9.97 Å². The van der Waals surface area contributed by atoms with Crippen molar-refractivity contribution in [3.05, 3.63) is 54.1 Å². The first kappa shape index (κ1) is 18.7. The SMILES string of the molecule is CC[C@H](C)[C@@H](C(=O)OCc1ccccc1)N(C)C(=O)Cc1ncc[nH]1. The van der Waals surface area contributed by atoms with Gasteiger partial charge in [0.25, 0.3) is 0 Å². The van der Waals surface area contributed by atoms with E-state index in [-0.39, 0.29) is 30.8 Å². The summed E-state index contributed by atoms with van der Waals surface area (Å²) in [6, 6.07) is 8.89. The number of amides is 1. The molecular formula is C19H25N3O3. The molecule has 1 amide bonds. The van der Waals surface area contributed by atoms with Gasteiger partial charge in [0.15, 0.2) is 0 Å². The van der Waals surface area contributed by atoms with E-state index in [0.29, 0.717) is 5.82 Å². The van der Waals surface area contributed by atoms with E-state index >= 15 is 0 Å². The number of ether oxygens (including phenoxy) is 1. The van der Waals surface area contributed by atoms with Gasteiger partial charge in [0, 0.05) is 19.4 Å². The molecule has 6 heteroatoms. The van der Waals surface area contributed by atoms with Crippen LogP contribution in [-0.2, 0) is 27.4 Å². The second kappa shape index (κ2) is 9.01. The summed E-state index contributed by atoms with van der Waals surface area (Å²) in [6.07, 6.45) is 4.16. The number of nitrogens with zero attached hydrogens (tertiary/aromatic N) is 2. The largest absolute Gasteiger partial charge is 0.459 e. The van der Waals surface area contributed by atoms with E-state index in [1.54, 1.807) is 19.4 Å². The van der Waals surface area contributed by atoms with Crippen molar-refractivity contribution in [1.29, 1.82) is 0 Å². The fraction of sp³-hybridized carbons (Fsp3) is 0.421. The number of imidazole rings is 1. The third-order valence-corrected chi connectivity index (χ3v) is 4.33. The molecule has 0 saturated carbocycles. The second-order valence-corrected chi connectivity index (χ2v) is 6.14. The smallest absolute Gasteiger partial charge is 0.329 e. The number of aromatic amines is 1. The van der Waals surface area contributed by atoms with Gasteiger partial charge in [-0.25, -0.2) is 9.78 Å². The lowest BCUT2D eigenvalue weighted by Gasteiger charge is -2.30. The highest BCUT2D eigenvalue weighted by atomic mass is 16.5. The molecule has 2 atom stereocenters. The van der Waals surface area contributed by atoms with Crippen molar-refractivity contribution in [3.8, 4) is 0 Å². The molecule has 1 N–H and O–H groups in total. The van der Waals surface area contributed by atoms with Gasteiger partial charge >= 0.3 is 5.97 Å². The van der Waals surface area contributed by atoms with Crippen LogP contribution in [0.1, 0.15) is 31.7 Å². The predicted molar refractivity (Wildman–Crippen MR) is 94.5 cm³/mol. The highest BCUT2D eigenvalue weighted by Crippen LogP contribution is 2.17. The molecule has 0 spiro atoms. The van der Waals surface area contributed by atoms with Gasteiger partial charge < -0.3 is 14.6 Å². The minimum Gasteiger partial charge on any atom is -0.459 e. The van der Waals surface area contributed by atoms with Crippen LogP contribution in [0.25, 0.3) is 0 Å². The molecule has 2 rings (SSSR count). The van der Waals surface area contributed by atoms with Crippen LogP contribution < -0.4 is 0 Å². The Morgan fingerprint density at radius 1 is 1.28 bits per heavy atom. The van der Waals surface area contributed by atoms with Gasteiger partial charge in [-0.3, -0.25) is 4.79 Å². The van der Waals surface area contributed by atoms with Crippen LogP contribution >= 0.6 is 0 Å². The number of hydrogen-bond donors (Lipinski definition) is 1. The topological polar surface area (TPSA) is 75.3 Å². The summed E-state index contributed by atoms with van der Waals surface area (Å²) in [5, 5.41) is 0. The van der Waals surface area contributed by atoms with E-state index in [4.69, 9.17) is 4.74 Å². The van der Waals surface area contributed by atoms with Gasteiger partial charge in [0.05, 0.1) is 6.42 Å². The number of hydrogen-bond acceptors (Lipinski definition) is 4. The van der Waals surface area contributed by atoms with Gasteiger partial charge in [-0.15, -0.1) is 0 Å². The molecule has 0 aliphatic rings. The van der Waals surface area contributed by atoms with Crippen LogP contribution in [-0.4, -0.2) is 39.8 Å². The summed E-state index contributed by atoms with van der Waals surface area (Å²) >= 11 is 0. The van der Waals surface area contributed by atoms with E-state index in [1.165, 1.54) is 4.90 Å². The number of rotatable bonds is 8. The third-order valence-electron chi connectivity index (χ3n) is 4.33. The molecule has 0 radical (unpaired) electrons. The Bertz CT molecular complexity index is 670. The molecule has 6 nitrogen and oxygen atoms in total. The lowest BCUT2D eigenvalue weighted by Crippen LogP contribution is -2.47. The highest BCUT2D eigenvalue weighted by Gasteiger charge is 2.32. The monoisotopic (exact) mass is 343 g/mol. The molecule has 0 aliphatic carbocycles. The number of aromatic nitrogens is 2. The summed E-state index contributed by atoms with van der Waals surface area (Å²) in [6.45, 7) is 4.14. The van der Waals surface area contributed by atoms with Gasteiger partial charge in [0.2, 0.25) is 5.91 Å². The molecule has 134 valence electrons. The molecule has 0 fully saturated rings. The van der Waals surface area contributed by atoms with Crippen LogP contribution in [0.15, 0.2) is 42.7 Å². The predicted octanol–water partition coefficient (Wildman–Crippen LogP) is 2.57. The number of H-pyrrole nitrogens is 1. The van der Waals surface area contributed by atoms with Crippen molar-refractivity contribution in [2.45, 2.75) is 39.3 Å². The van der Waals surface area contributed by atoms with Gasteiger partial charge in [-0.2, -0.15) is 0 Å². The Kier molecular flexibility index (Phi) is 6.74. The van der Waals surface area contributed by atoms with Crippen molar-refractivity contribution >= 4 is 11.9 Å². The maximum atomic E-state index is 12.6. The van der Waals surface area contributed by atoms with Gasteiger partial charge in [-0.05, 0) is 11.5 Å². The maximum Gasteiger partial charge on any atom is 0.329 e. The Hall–Kier alpha value is -2.63. The normalized spacial score (nSPS) is 13.1. The fourth-order valence-electron chi connectivity index (χ4n) is 2.63. The van der Waals surface area contributed by atoms with Crippen LogP contribution in [0.4, 0.5) is 0 Å². The molecule has 2 aromatic rings. The van der Waals surface area contributed by atoms with Gasteiger partial charge in [-0.1, -0.05) is 50.6 Å². The molecule has 1 aromatic carbocycles. The first-order valence-electron chi connectivity index (χ1n) is 8.47. The number of nitrogens with one attached hydrogen (secondary N) is 1. The van der Waals surface area contributed by atoms with Crippen LogP contribution in [0.5, 0.6) is 0 Å². The quantitative estimate of drug-likeness (QED) is 0.748. The van der Waals surface area contributed by atoms with E-state index in [1.807, 2.05) is 44.2 Å². The molecular weight excluding hydrogens is 318 g/mol. The minimum absolute atomic E-state index is 0.00572. The fourth-order valence-corrected chi connectivity index (χ4v) is 2.63. The number of carbonyl (C=O) groups excluding carboxylic acids is 2. The lowest BCUT2D eigenvalue weighted by molar-refractivity contribution is -0.157. The minimum atomic E-state index is -0.615. The lowest BCUT2D eigenvalue weighted by atomic mass is 9.97. The molecule has 0 saturated heterocycles. The first-order valence-corrected chi connectivity index (χ1v) is 8.47. The summed E-state index contributed by atoms with van der Waals surface area (Å²) < 4.78 is 5.46. The van der Waals surface area contributed by atoms with E-state index < -0.39 is 6.04 Å². The second-order valence-electron chi connectivity index (χ2n) is 6.14. The van der Waals surface area contributed by atoms with Crippen molar-refractivity contribution < 1.29 is 14.3 Å². The first-order chi connectivity index (χ1) is 12.0. The van der Waals surface area contributed by atoms with E-state index in [0.717, 1.165) is 12.0 Å². The molecule has 1 aromatic heterocycles. The number of likely N-dealkylation sites (N-methyl/N-ethyl adjacent to an activating group) is 1. The van der Waals surface area contributed by atoms with Crippen molar-refractivity contribution in [1.82, 2.24) is 14.9 Å². The highest BCUT2D eigenvalue weighted by molar-refractivity contribution is 5.85. The Morgan fingerprint density at radius 3 is 2.60 bits per heavy atom. The maximum absolute atomic E-state index is 12.6. The van der Waals surface area contributed by atoms with Crippen molar-refractivity contribution in [3.63, 3.8) is 0 Å². The van der Waals surface area contributed by atoms with E-state index in [9.17, 15) is 9.59 Å². The number of carbonyl (C=O) groups is 2. The summed E-state index contributed by atoms with van der Waals surface area (Å²) in [4.78, 5) is 33.6. The summed E-state index contributed by atoms with van der Waals surface area (Å²) in [7, 11) is 1.64. The van der Waals surface area contributed by atoms with Crippen molar-refractivity contribution in [2.75, 3.05) is 7.05 Å². The zero-order valence-electron chi connectivity index (χ0n) is 14.9. The number of benzene rings is 1. The molecule has 25 heavy (non-hydrogen) atoms. The van der Waals surface area contributed by atoms with Crippen molar-refractivity contribution in [2.24, 2.45) is 5.92 Å². The molecule has 0 bridgehead atoms. The average Bonchev–Trinajstić information content (AvgIpc) is 3.13. The molecule has 0 unspecified atom stereocenters. The summed E-state index contributed by atoms with van der Waals surface area (Å²) in [5.41, 5.74) is 0.920. The average molecular weight is 343 g/mol. The Morgan fingerprint density at radius 2 is 2.00 bits per heavy atom. The zero-order valence-corrected chi connectivity index (χ0v) is 14.9. The summed E-state index contributed by atoms with van der Waals surface area (Å²) in [5.74, 6) is 0.0247. The molecule has 0 aliphatic heterocycles. The third kappa shape index (κ3) is 5.17. The standard InChI is InChI=1S/C19H25N3O3/c1-4-14(2)18(19(24)25-13-15-8-6-5-7-9-15)22(3)17(23)12-16-20-10-11-21-16/h5-11,14,18H,4,12-13H2,1-3H3,(H,20,21)/t14-,18-/m0/s1. The molecule has 1 heterocycles. The Balaban J connectivity index is 2.03. The van der Waals surface area contributed by atoms with Crippen LogP contribution in [0, 0.1) is 5.92 Å². The van der Waals surface area contributed by atoms with Gasteiger partial charge in [0.1, 0.15) is 18.5 Å². The number of esters is 1. The van der Waals surface area contributed by atoms with Crippen LogP contribution in [0.3, 0.4) is 0 Å². The van der Waals surface area contributed by atoms with Crippen LogP contribution in [0.2, 0.25) is 0 Å².